The molecule has 1 aliphatic heterocycles. The van der Waals surface area contributed by atoms with Crippen molar-refractivity contribution in [3.63, 3.8) is 0 Å². The number of hydrogen-bond acceptors (Lipinski definition) is 2. The standard InChI is InChI=1S/C14H20O2/c1-11-3-4-13(9-12(11)2)10-14(15)5-7-16-8-6-14/h3-4,9,15H,5-8,10H2,1-2H3. The van der Waals surface area contributed by atoms with Crippen LogP contribution in [-0.4, -0.2) is 23.9 Å². The zero-order valence-corrected chi connectivity index (χ0v) is 10.1. The van der Waals surface area contributed by atoms with E-state index < -0.39 is 5.60 Å². The first kappa shape index (κ1) is 11.6. The van der Waals surface area contributed by atoms with Crippen molar-refractivity contribution in [2.75, 3.05) is 13.2 Å². The van der Waals surface area contributed by atoms with E-state index >= 15 is 0 Å². The fourth-order valence-corrected chi connectivity index (χ4v) is 2.22. The highest BCUT2D eigenvalue weighted by Crippen LogP contribution is 2.25. The third-order valence-corrected chi connectivity index (χ3v) is 3.53. The largest absolute Gasteiger partial charge is 0.389 e. The van der Waals surface area contributed by atoms with Gasteiger partial charge in [-0.3, -0.25) is 0 Å². The summed E-state index contributed by atoms with van der Waals surface area (Å²) in [6.07, 6.45) is 2.25. The minimum atomic E-state index is -0.556. The van der Waals surface area contributed by atoms with Gasteiger partial charge in [-0.2, -0.15) is 0 Å². The lowest BCUT2D eigenvalue weighted by Gasteiger charge is -2.32. The highest BCUT2D eigenvalue weighted by atomic mass is 16.5. The smallest absolute Gasteiger partial charge is 0.0731 e. The molecule has 1 N–H and O–H groups in total. The second-order valence-electron chi connectivity index (χ2n) is 4.93. The maximum atomic E-state index is 10.4. The number of aryl methyl sites for hydroxylation is 2. The molecule has 1 aromatic carbocycles. The Morgan fingerprint density at radius 1 is 1.19 bits per heavy atom. The fourth-order valence-electron chi connectivity index (χ4n) is 2.22. The van der Waals surface area contributed by atoms with Crippen molar-refractivity contribution in [3.05, 3.63) is 34.9 Å². The second-order valence-corrected chi connectivity index (χ2v) is 4.93. The molecule has 1 fully saturated rings. The van der Waals surface area contributed by atoms with Gasteiger partial charge in [0, 0.05) is 19.6 Å². The van der Waals surface area contributed by atoms with Crippen LogP contribution in [0.2, 0.25) is 0 Å². The van der Waals surface area contributed by atoms with Crippen LogP contribution in [0, 0.1) is 13.8 Å². The van der Waals surface area contributed by atoms with Crippen molar-refractivity contribution in [1.29, 1.82) is 0 Å². The van der Waals surface area contributed by atoms with Crippen molar-refractivity contribution < 1.29 is 9.84 Å². The SMILES string of the molecule is Cc1ccc(CC2(O)CCOCC2)cc1C. The van der Waals surface area contributed by atoms with Gasteiger partial charge in [0.25, 0.3) is 0 Å². The van der Waals surface area contributed by atoms with E-state index in [4.69, 9.17) is 4.74 Å². The van der Waals surface area contributed by atoms with E-state index in [9.17, 15) is 5.11 Å². The molecular formula is C14H20O2. The minimum Gasteiger partial charge on any atom is -0.389 e. The average molecular weight is 220 g/mol. The normalized spacial score (nSPS) is 19.7. The summed E-state index contributed by atoms with van der Waals surface area (Å²) in [7, 11) is 0. The van der Waals surface area contributed by atoms with E-state index in [0.717, 1.165) is 19.3 Å². The number of aliphatic hydroxyl groups is 1. The molecule has 0 radical (unpaired) electrons. The molecule has 2 heteroatoms. The first-order valence-electron chi connectivity index (χ1n) is 5.95. The summed E-state index contributed by atoms with van der Waals surface area (Å²) < 4.78 is 5.29. The number of hydrogen-bond donors (Lipinski definition) is 1. The van der Waals surface area contributed by atoms with Crippen LogP contribution >= 0.6 is 0 Å². The van der Waals surface area contributed by atoms with Gasteiger partial charge < -0.3 is 9.84 Å². The Morgan fingerprint density at radius 3 is 2.50 bits per heavy atom. The third-order valence-electron chi connectivity index (χ3n) is 3.53. The number of benzene rings is 1. The molecule has 0 spiro atoms. The molecule has 2 rings (SSSR count). The Morgan fingerprint density at radius 2 is 1.88 bits per heavy atom. The monoisotopic (exact) mass is 220 g/mol. The van der Waals surface area contributed by atoms with Gasteiger partial charge in [0.1, 0.15) is 0 Å². The van der Waals surface area contributed by atoms with Gasteiger partial charge >= 0.3 is 0 Å². The van der Waals surface area contributed by atoms with E-state index in [0.29, 0.717) is 13.2 Å². The molecule has 1 heterocycles. The van der Waals surface area contributed by atoms with E-state index in [1.165, 1.54) is 16.7 Å². The Bertz CT molecular complexity index is 365. The molecule has 2 nitrogen and oxygen atoms in total. The van der Waals surface area contributed by atoms with Crippen LogP contribution in [-0.2, 0) is 11.2 Å². The summed E-state index contributed by atoms with van der Waals surface area (Å²) in [4.78, 5) is 0. The highest BCUT2D eigenvalue weighted by molar-refractivity contribution is 5.30. The minimum absolute atomic E-state index is 0.556. The van der Waals surface area contributed by atoms with Gasteiger partial charge in [-0.05, 0) is 43.4 Å². The van der Waals surface area contributed by atoms with Crippen LogP contribution in [0.4, 0.5) is 0 Å². The third kappa shape index (κ3) is 2.63. The van der Waals surface area contributed by atoms with E-state index in [2.05, 4.69) is 32.0 Å². The molecule has 16 heavy (non-hydrogen) atoms. The summed E-state index contributed by atoms with van der Waals surface area (Å²) >= 11 is 0. The Hall–Kier alpha value is -0.860. The highest BCUT2D eigenvalue weighted by Gasteiger charge is 2.29. The number of rotatable bonds is 2. The molecule has 1 saturated heterocycles. The van der Waals surface area contributed by atoms with Crippen LogP contribution in [0.15, 0.2) is 18.2 Å². The molecular weight excluding hydrogens is 200 g/mol. The molecule has 0 bridgehead atoms. The lowest BCUT2D eigenvalue weighted by atomic mass is 9.87. The first-order valence-corrected chi connectivity index (χ1v) is 5.95. The van der Waals surface area contributed by atoms with Crippen molar-refractivity contribution in [3.8, 4) is 0 Å². The summed E-state index contributed by atoms with van der Waals surface area (Å²) in [6.45, 7) is 5.60. The fraction of sp³-hybridized carbons (Fsp3) is 0.571. The quantitative estimate of drug-likeness (QED) is 0.829. The van der Waals surface area contributed by atoms with Crippen LogP contribution in [0.5, 0.6) is 0 Å². The van der Waals surface area contributed by atoms with E-state index in [1.54, 1.807) is 0 Å². The molecule has 0 amide bonds. The molecule has 88 valence electrons. The predicted molar refractivity (Wildman–Crippen MR) is 64.6 cm³/mol. The molecule has 1 aromatic rings. The lowest BCUT2D eigenvalue weighted by molar-refractivity contribution is -0.0625. The van der Waals surface area contributed by atoms with Crippen molar-refractivity contribution in [2.45, 2.75) is 38.7 Å². The van der Waals surface area contributed by atoms with Crippen LogP contribution in [0.1, 0.15) is 29.5 Å². The Balaban J connectivity index is 2.10. The molecule has 0 atom stereocenters. The van der Waals surface area contributed by atoms with Crippen molar-refractivity contribution in [2.24, 2.45) is 0 Å². The topological polar surface area (TPSA) is 29.5 Å². The average Bonchev–Trinajstić information content (AvgIpc) is 2.24. The van der Waals surface area contributed by atoms with Gasteiger partial charge in [-0.1, -0.05) is 18.2 Å². The van der Waals surface area contributed by atoms with Crippen LogP contribution in [0.25, 0.3) is 0 Å². The van der Waals surface area contributed by atoms with Gasteiger partial charge in [0.2, 0.25) is 0 Å². The van der Waals surface area contributed by atoms with E-state index in [-0.39, 0.29) is 0 Å². The van der Waals surface area contributed by atoms with Crippen LogP contribution in [0.3, 0.4) is 0 Å². The zero-order valence-electron chi connectivity index (χ0n) is 10.1. The van der Waals surface area contributed by atoms with E-state index in [1.807, 2.05) is 0 Å². The lowest BCUT2D eigenvalue weighted by Crippen LogP contribution is -2.38. The van der Waals surface area contributed by atoms with Gasteiger partial charge in [-0.25, -0.2) is 0 Å². The second kappa shape index (κ2) is 4.56. The maximum absolute atomic E-state index is 10.4. The van der Waals surface area contributed by atoms with Gasteiger partial charge in [0.05, 0.1) is 5.60 Å². The van der Waals surface area contributed by atoms with Crippen molar-refractivity contribution >= 4 is 0 Å². The van der Waals surface area contributed by atoms with Gasteiger partial charge in [-0.15, -0.1) is 0 Å². The molecule has 0 unspecified atom stereocenters. The predicted octanol–water partition coefficient (Wildman–Crippen LogP) is 2.39. The molecule has 0 aliphatic carbocycles. The van der Waals surface area contributed by atoms with Crippen LogP contribution < -0.4 is 0 Å². The summed E-state index contributed by atoms with van der Waals surface area (Å²) in [5.41, 5.74) is 3.28. The molecule has 0 aromatic heterocycles. The number of ether oxygens (including phenoxy) is 1. The maximum Gasteiger partial charge on any atom is 0.0731 e. The van der Waals surface area contributed by atoms with Gasteiger partial charge in [0.15, 0.2) is 0 Å². The Labute approximate surface area is 97.3 Å². The Kier molecular flexibility index (Phi) is 3.31. The summed E-state index contributed by atoms with van der Waals surface area (Å²) in [6, 6.07) is 6.44. The summed E-state index contributed by atoms with van der Waals surface area (Å²) in [5.74, 6) is 0. The molecule has 0 saturated carbocycles. The van der Waals surface area contributed by atoms with Crippen molar-refractivity contribution in [1.82, 2.24) is 0 Å². The molecule has 1 aliphatic rings. The zero-order chi connectivity index (χ0) is 11.6. The first-order chi connectivity index (χ1) is 7.59. The summed E-state index contributed by atoms with van der Waals surface area (Å²) in [5, 5.41) is 10.4.